The minimum atomic E-state index is -0.801. The molecule has 1 atom stereocenters. The Kier molecular flexibility index (Phi) is 5.88. The van der Waals surface area contributed by atoms with Crippen molar-refractivity contribution in [3.8, 4) is 0 Å². The number of nitrogens with zero attached hydrogens (tertiary/aromatic N) is 2. The van der Waals surface area contributed by atoms with Crippen LogP contribution in [0.25, 0.3) is 0 Å². The van der Waals surface area contributed by atoms with Crippen LogP contribution in [-0.2, 0) is 9.59 Å². The molecule has 3 rings (SSSR count). The second kappa shape index (κ2) is 8.31. The van der Waals surface area contributed by atoms with Gasteiger partial charge in [-0.15, -0.1) is 0 Å². The number of urea groups is 1. The van der Waals surface area contributed by atoms with Crippen molar-refractivity contribution in [3.05, 3.63) is 35.9 Å². The molecule has 1 saturated heterocycles. The summed E-state index contributed by atoms with van der Waals surface area (Å²) in [5.74, 6) is -0.687. The van der Waals surface area contributed by atoms with E-state index in [1.54, 1.807) is 4.90 Å². The number of carbonyl (C=O) groups is 3. The van der Waals surface area contributed by atoms with E-state index in [1.807, 2.05) is 30.3 Å². The van der Waals surface area contributed by atoms with Gasteiger partial charge in [0.2, 0.25) is 5.91 Å². The molecule has 1 saturated carbocycles. The van der Waals surface area contributed by atoms with E-state index in [1.165, 1.54) is 0 Å². The summed E-state index contributed by atoms with van der Waals surface area (Å²) in [6.45, 7) is -0.179. The summed E-state index contributed by atoms with van der Waals surface area (Å²) in [4.78, 5) is 39.0. The fourth-order valence-electron chi connectivity index (χ4n) is 3.66. The molecule has 1 aromatic carbocycles. The summed E-state index contributed by atoms with van der Waals surface area (Å²) in [5, 5.41) is 13.0. The highest BCUT2D eigenvalue weighted by Gasteiger charge is 2.34. The normalized spacial score (nSPS) is 19.3. The molecule has 140 valence electrons. The van der Waals surface area contributed by atoms with E-state index >= 15 is 0 Å². The zero-order chi connectivity index (χ0) is 18.5. The van der Waals surface area contributed by atoms with Gasteiger partial charge in [0.05, 0.1) is 19.2 Å². The molecular formula is C19H25N3O4. The van der Waals surface area contributed by atoms with E-state index in [0.717, 1.165) is 42.6 Å². The van der Waals surface area contributed by atoms with Gasteiger partial charge < -0.3 is 15.3 Å². The third-order valence-electron chi connectivity index (χ3n) is 5.12. The number of amides is 4. The van der Waals surface area contributed by atoms with Crippen molar-refractivity contribution >= 4 is 17.8 Å². The van der Waals surface area contributed by atoms with Gasteiger partial charge in [0, 0.05) is 6.04 Å². The molecule has 1 heterocycles. The number of carbonyl (C=O) groups excluding carboxylic acids is 3. The summed E-state index contributed by atoms with van der Waals surface area (Å²) in [5.41, 5.74) is 0.746. The van der Waals surface area contributed by atoms with Crippen molar-refractivity contribution in [2.75, 3.05) is 19.6 Å². The number of aliphatic hydroxyl groups is 1. The lowest BCUT2D eigenvalue weighted by atomic mass is 9.93. The lowest BCUT2D eigenvalue weighted by molar-refractivity contribution is -0.140. The standard InChI is InChI=1S/C19H25N3O4/c23-16(14-7-3-1-4-8-14)12-21(15-9-5-2-6-10-15)18(25)13-22-17(24)11-20-19(22)26/h1,3-4,7-8,15-16,23H,2,5-6,9-13H2,(H,20,26)/t16-/m0/s1. The monoisotopic (exact) mass is 359 g/mol. The van der Waals surface area contributed by atoms with Crippen molar-refractivity contribution in [2.24, 2.45) is 0 Å². The second-order valence-corrected chi connectivity index (χ2v) is 6.90. The van der Waals surface area contributed by atoms with Crippen molar-refractivity contribution < 1.29 is 19.5 Å². The average Bonchev–Trinajstić information content (AvgIpc) is 2.99. The minimum Gasteiger partial charge on any atom is -0.387 e. The van der Waals surface area contributed by atoms with Crippen LogP contribution in [0.15, 0.2) is 30.3 Å². The Morgan fingerprint density at radius 3 is 2.50 bits per heavy atom. The summed E-state index contributed by atoms with van der Waals surface area (Å²) >= 11 is 0. The molecule has 4 amide bonds. The summed E-state index contributed by atoms with van der Waals surface area (Å²) in [7, 11) is 0. The number of imide groups is 1. The molecule has 0 unspecified atom stereocenters. The van der Waals surface area contributed by atoms with Crippen LogP contribution in [0.2, 0.25) is 0 Å². The van der Waals surface area contributed by atoms with Crippen LogP contribution in [0, 0.1) is 0 Å². The molecule has 26 heavy (non-hydrogen) atoms. The Morgan fingerprint density at radius 1 is 1.19 bits per heavy atom. The van der Waals surface area contributed by atoms with Crippen molar-refractivity contribution in [3.63, 3.8) is 0 Å². The van der Waals surface area contributed by atoms with Gasteiger partial charge in [-0.25, -0.2) is 4.79 Å². The topological polar surface area (TPSA) is 90.0 Å². The quantitative estimate of drug-likeness (QED) is 0.752. The average molecular weight is 359 g/mol. The first-order chi connectivity index (χ1) is 12.6. The molecule has 7 heteroatoms. The number of rotatable bonds is 6. The van der Waals surface area contributed by atoms with Crippen LogP contribution in [-0.4, -0.2) is 58.4 Å². The molecule has 0 aromatic heterocycles. The molecule has 1 aliphatic heterocycles. The van der Waals surface area contributed by atoms with Gasteiger partial charge >= 0.3 is 6.03 Å². The zero-order valence-corrected chi connectivity index (χ0v) is 14.8. The number of nitrogens with one attached hydrogen (secondary N) is 1. The smallest absolute Gasteiger partial charge is 0.325 e. The van der Waals surface area contributed by atoms with Crippen LogP contribution in [0.5, 0.6) is 0 Å². The first kappa shape index (κ1) is 18.4. The SMILES string of the molecule is O=C1CNC(=O)N1CC(=O)N(C[C@H](O)c1ccccc1)C1CCCCC1. The van der Waals surface area contributed by atoms with E-state index < -0.39 is 18.0 Å². The van der Waals surface area contributed by atoms with Crippen LogP contribution >= 0.6 is 0 Å². The molecule has 0 bridgehead atoms. The number of hydrogen-bond donors (Lipinski definition) is 2. The second-order valence-electron chi connectivity index (χ2n) is 6.90. The molecule has 0 spiro atoms. The van der Waals surface area contributed by atoms with Crippen LogP contribution in [0.1, 0.15) is 43.8 Å². The lowest BCUT2D eigenvalue weighted by Gasteiger charge is -2.36. The van der Waals surface area contributed by atoms with Gasteiger partial charge in [0.1, 0.15) is 6.54 Å². The summed E-state index contributed by atoms with van der Waals surface area (Å²) in [6.07, 6.45) is 4.19. The van der Waals surface area contributed by atoms with Crippen LogP contribution in [0.3, 0.4) is 0 Å². The van der Waals surface area contributed by atoms with Crippen LogP contribution < -0.4 is 5.32 Å². The lowest BCUT2D eigenvalue weighted by Crippen LogP contribution is -2.49. The van der Waals surface area contributed by atoms with Gasteiger partial charge in [-0.3, -0.25) is 14.5 Å². The fraction of sp³-hybridized carbons (Fsp3) is 0.526. The highest BCUT2D eigenvalue weighted by molar-refractivity contribution is 6.04. The summed E-state index contributed by atoms with van der Waals surface area (Å²) < 4.78 is 0. The Balaban J connectivity index is 1.73. The number of aliphatic hydroxyl groups excluding tert-OH is 1. The highest BCUT2D eigenvalue weighted by Crippen LogP contribution is 2.25. The molecule has 2 N–H and O–H groups in total. The molecule has 1 aliphatic carbocycles. The first-order valence-electron chi connectivity index (χ1n) is 9.17. The maximum atomic E-state index is 12.9. The molecule has 2 fully saturated rings. The third-order valence-corrected chi connectivity index (χ3v) is 5.12. The van der Waals surface area contributed by atoms with Gasteiger partial charge in [0.25, 0.3) is 5.91 Å². The molecule has 2 aliphatic rings. The Hall–Kier alpha value is -2.41. The van der Waals surface area contributed by atoms with Crippen molar-refractivity contribution in [2.45, 2.75) is 44.2 Å². The first-order valence-corrected chi connectivity index (χ1v) is 9.17. The van der Waals surface area contributed by atoms with Crippen molar-refractivity contribution in [1.82, 2.24) is 15.1 Å². The van der Waals surface area contributed by atoms with E-state index in [-0.39, 0.29) is 31.6 Å². The predicted molar refractivity (Wildman–Crippen MR) is 95.1 cm³/mol. The van der Waals surface area contributed by atoms with Gasteiger partial charge in [-0.05, 0) is 18.4 Å². The molecule has 0 radical (unpaired) electrons. The minimum absolute atomic E-state index is 0.0374. The van der Waals surface area contributed by atoms with Crippen molar-refractivity contribution in [1.29, 1.82) is 0 Å². The van der Waals surface area contributed by atoms with E-state index in [2.05, 4.69) is 5.32 Å². The maximum Gasteiger partial charge on any atom is 0.325 e. The predicted octanol–water partition coefficient (Wildman–Crippen LogP) is 1.43. The largest absolute Gasteiger partial charge is 0.387 e. The summed E-state index contributed by atoms with van der Waals surface area (Å²) in [6, 6.07) is 8.72. The highest BCUT2D eigenvalue weighted by atomic mass is 16.3. The number of benzene rings is 1. The Bertz CT molecular complexity index is 642. The fourth-order valence-corrected chi connectivity index (χ4v) is 3.66. The Morgan fingerprint density at radius 2 is 1.88 bits per heavy atom. The van der Waals surface area contributed by atoms with Crippen LogP contribution in [0.4, 0.5) is 4.79 Å². The van der Waals surface area contributed by atoms with Gasteiger partial charge in [-0.2, -0.15) is 0 Å². The molecule has 1 aromatic rings. The van der Waals surface area contributed by atoms with E-state index in [0.29, 0.717) is 0 Å². The Labute approximate surface area is 153 Å². The molecule has 7 nitrogen and oxygen atoms in total. The number of hydrogen-bond acceptors (Lipinski definition) is 4. The van der Waals surface area contributed by atoms with E-state index in [9.17, 15) is 19.5 Å². The molecular weight excluding hydrogens is 334 g/mol. The zero-order valence-electron chi connectivity index (χ0n) is 14.8. The van der Waals surface area contributed by atoms with Gasteiger partial charge in [0.15, 0.2) is 0 Å². The maximum absolute atomic E-state index is 12.9. The third kappa shape index (κ3) is 4.22. The van der Waals surface area contributed by atoms with E-state index in [4.69, 9.17) is 0 Å². The van der Waals surface area contributed by atoms with Gasteiger partial charge in [-0.1, -0.05) is 49.6 Å².